The number of pyridine rings is 2. The molecule has 4 rings (SSSR count). The van der Waals surface area contributed by atoms with E-state index < -0.39 is 5.91 Å². The van der Waals surface area contributed by atoms with Crippen LogP contribution in [-0.2, 0) is 6.54 Å². The zero-order chi connectivity index (χ0) is 20.7. The lowest BCUT2D eigenvalue weighted by atomic mass is 10.1. The zero-order valence-electron chi connectivity index (χ0n) is 16.1. The number of nitrogens with one attached hydrogen (secondary N) is 2. The first kappa shape index (κ1) is 18.9. The molecule has 0 bridgehead atoms. The van der Waals surface area contributed by atoms with E-state index in [-0.39, 0.29) is 27.9 Å². The van der Waals surface area contributed by atoms with E-state index >= 15 is 0 Å². The summed E-state index contributed by atoms with van der Waals surface area (Å²) in [5, 5.41) is 20.4. The Morgan fingerprint density at radius 2 is 2.10 bits per heavy atom. The molecule has 0 unspecified atom stereocenters. The molecule has 0 atom stereocenters. The first-order chi connectivity index (χ1) is 13.8. The van der Waals surface area contributed by atoms with Crippen molar-refractivity contribution in [1.29, 1.82) is 5.41 Å². The Morgan fingerprint density at radius 1 is 1.31 bits per heavy atom. The lowest BCUT2D eigenvalue weighted by molar-refractivity contribution is 0.102. The molecule has 29 heavy (non-hydrogen) atoms. The molecule has 4 aromatic rings. The van der Waals surface area contributed by atoms with Crippen molar-refractivity contribution in [3.05, 3.63) is 56.9 Å². The second-order valence-electron chi connectivity index (χ2n) is 7.07. The van der Waals surface area contributed by atoms with Gasteiger partial charge in [-0.05, 0) is 31.0 Å². The van der Waals surface area contributed by atoms with Crippen molar-refractivity contribution in [2.45, 2.75) is 27.3 Å². The highest BCUT2D eigenvalue weighted by molar-refractivity contribution is 7.15. The summed E-state index contributed by atoms with van der Waals surface area (Å²) >= 11 is 1.24. The Hall–Kier alpha value is -3.40. The molecule has 0 aliphatic rings. The summed E-state index contributed by atoms with van der Waals surface area (Å²) in [5.74, 6) is -0.324. The summed E-state index contributed by atoms with van der Waals surface area (Å²) in [4.78, 5) is 30.5. The molecule has 1 amide bonds. The van der Waals surface area contributed by atoms with Crippen LogP contribution in [0.15, 0.2) is 35.3 Å². The molecular formula is C19H19N7O2S. The van der Waals surface area contributed by atoms with E-state index in [0.717, 1.165) is 0 Å². The minimum absolute atomic E-state index is 0.00267. The van der Waals surface area contributed by atoms with Crippen LogP contribution in [0.4, 0.5) is 5.13 Å². The van der Waals surface area contributed by atoms with Gasteiger partial charge in [0.25, 0.3) is 11.5 Å². The van der Waals surface area contributed by atoms with Gasteiger partial charge < -0.3 is 4.57 Å². The molecule has 0 aromatic carbocycles. The van der Waals surface area contributed by atoms with Gasteiger partial charge >= 0.3 is 0 Å². The predicted molar refractivity (Wildman–Crippen MR) is 110 cm³/mol. The number of anilines is 1. The fraction of sp³-hybridized carbons (Fsp3) is 0.263. The number of rotatable bonds is 4. The maximum Gasteiger partial charge on any atom is 0.267 e. The van der Waals surface area contributed by atoms with Crippen molar-refractivity contribution in [2.24, 2.45) is 5.92 Å². The number of aromatic nitrogens is 5. The molecule has 0 fully saturated rings. The second-order valence-corrected chi connectivity index (χ2v) is 8.26. The van der Waals surface area contributed by atoms with Crippen LogP contribution in [0.25, 0.3) is 16.7 Å². The van der Waals surface area contributed by atoms with Crippen LogP contribution in [0, 0.1) is 18.3 Å². The van der Waals surface area contributed by atoms with Crippen LogP contribution in [-0.4, -0.2) is 30.1 Å². The van der Waals surface area contributed by atoms with Crippen LogP contribution in [0.5, 0.6) is 0 Å². The third-order valence-electron chi connectivity index (χ3n) is 4.36. The molecule has 148 valence electrons. The van der Waals surface area contributed by atoms with Crippen molar-refractivity contribution in [2.75, 3.05) is 5.32 Å². The average molecular weight is 409 g/mol. The standard InChI is InChI=1S/C19H19N7O2S/c1-10(2)9-26-15(20)12(17(27)22-19-24-23-11(3)29-19)8-13-16(26)21-14-6-4-5-7-25(14)18(13)28/h4-8,10,20H,9H2,1-3H3,(H,22,24,27). The van der Waals surface area contributed by atoms with Gasteiger partial charge in [0, 0.05) is 12.7 Å². The van der Waals surface area contributed by atoms with Crippen LogP contribution in [0.1, 0.15) is 29.2 Å². The van der Waals surface area contributed by atoms with E-state index in [0.29, 0.717) is 28.0 Å². The fourth-order valence-corrected chi connectivity index (χ4v) is 3.70. The minimum atomic E-state index is -0.511. The highest BCUT2D eigenvalue weighted by Gasteiger charge is 2.19. The van der Waals surface area contributed by atoms with Crippen LogP contribution >= 0.6 is 11.3 Å². The van der Waals surface area contributed by atoms with Gasteiger partial charge in [-0.1, -0.05) is 31.3 Å². The first-order valence-electron chi connectivity index (χ1n) is 9.06. The predicted octanol–water partition coefficient (Wildman–Crippen LogP) is 2.20. The Labute approximate surface area is 169 Å². The number of amides is 1. The molecule has 0 aliphatic carbocycles. The molecule has 0 saturated heterocycles. The smallest absolute Gasteiger partial charge is 0.267 e. The summed E-state index contributed by atoms with van der Waals surface area (Å²) < 4.78 is 3.05. The Balaban J connectivity index is 1.97. The number of carbonyl (C=O) groups excluding carboxylic acids is 1. The van der Waals surface area contributed by atoms with Crippen LogP contribution in [0.2, 0.25) is 0 Å². The molecule has 4 heterocycles. The maximum absolute atomic E-state index is 13.1. The molecule has 0 radical (unpaired) electrons. The average Bonchev–Trinajstić information content (AvgIpc) is 3.08. The van der Waals surface area contributed by atoms with Gasteiger partial charge in [-0.25, -0.2) is 4.98 Å². The number of carbonyl (C=O) groups is 1. The molecule has 0 spiro atoms. The molecule has 2 N–H and O–H groups in total. The van der Waals surface area contributed by atoms with Gasteiger partial charge in [0.15, 0.2) is 0 Å². The van der Waals surface area contributed by atoms with E-state index in [1.807, 2.05) is 13.8 Å². The lowest BCUT2D eigenvalue weighted by Crippen LogP contribution is -2.33. The molecule has 4 aromatic heterocycles. The number of hydrogen-bond donors (Lipinski definition) is 2. The van der Waals surface area contributed by atoms with Crippen LogP contribution in [0.3, 0.4) is 0 Å². The number of hydrogen-bond acceptors (Lipinski definition) is 7. The molecule has 0 saturated carbocycles. The summed E-state index contributed by atoms with van der Waals surface area (Å²) in [5.41, 5.74) is 0.675. The van der Waals surface area contributed by atoms with Gasteiger partial charge in [-0.3, -0.25) is 24.7 Å². The molecule has 0 aliphatic heterocycles. The Morgan fingerprint density at radius 3 is 2.79 bits per heavy atom. The number of aryl methyl sites for hydroxylation is 1. The van der Waals surface area contributed by atoms with Crippen molar-refractivity contribution < 1.29 is 4.79 Å². The summed E-state index contributed by atoms with van der Waals surface area (Å²) in [6.45, 7) is 6.24. The monoisotopic (exact) mass is 409 g/mol. The third-order valence-corrected chi connectivity index (χ3v) is 5.11. The highest BCUT2D eigenvalue weighted by atomic mass is 32.1. The summed E-state index contributed by atoms with van der Waals surface area (Å²) in [6.07, 6.45) is 1.63. The van der Waals surface area contributed by atoms with Crippen molar-refractivity contribution in [1.82, 2.24) is 24.1 Å². The molecule has 10 heteroatoms. The fourth-order valence-electron chi connectivity index (χ4n) is 3.11. The second kappa shape index (κ2) is 7.21. The van der Waals surface area contributed by atoms with E-state index in [1.54, 1.807) is 35.9 Å². The normalized spacial score (nSPS) is 11.4. The summed E-state index contributed by atoms with van der Waals surface area (Å²) in [7, 11) is 0. The van der Waals surface area contributed by atoms with Gasteiger partial charge in [-0.2, -0.15) is 0 Å². The SMILES string of the molecule is Cc1nnc(NC(=O)c2cc3c(=O)n4ccccc4nc3n(CC(C)C)c2=N)s1. The van der Waals surface area contributed by atoms with Crippen LogP contribution < -0.4 is 16.4 Å². The Bertz CT molecular complexity index is 1370. The van der Waals surface area contributed by atoms with Crippen molar-refractivity contribution in [3.63, 3.8) is 0 Å². The van der Waals surface area contributed by atoms with Gasteiger partial charge in [0.05, 0.1) is 10.9 Å². The highest BCUT2D eigenvalue weighted by Crippen LogP contribution is 2.16. The topological polar surface area (TPSA) is 118 Å². The minimum Gasteiger partial charge on any atom is -0.310 e. The first-order valence-corrected chi connectivity index (χ1v) is 9.88. The third kappa shape index (κ3) is 3.42. The largest absolute Gasteiger partial charge is 0.310 e. The van der Waals surface area contributed by atoms with Crippen molar-refractivity contribution in [3.8, 4) is 0 Å². The van der Waals surface area contributed by atoms with Crippen molar-refractivity contribution >= 4 is 39.1 Å². The van der Waals surface area contributed by atoms with Gasteiger partial charge in [-0.15, -0.1) is 10.2 Å². The van der Waals surface area contributed by atoms with E-state index in [4.69, 9.17) is 5.41 Å². The number of nitrogens with zero attached hydrogens (tertiary/aromatic N) is 5. The lowest BCUT2D eigenvalue weighted by Gasteiger charge is -2.16. The van der Waals surface area contributed by atoms with E-state index in [9.17, 15) is 9.59 Å². The quantitative estimate of drug-likeness (QED) is 0.501. The Kier molecular flexibility index (Phi) is 4.71. The molecule has 9 nitrogen and oxygen atoms in total. The van der Waals surface area contributed by atoms with Gasteiger partial charge in [0.1, 0.15) is 21.8 Å². The maximum atomic E-state index is 13.1. The number of fused-ring (bicyclic) bond motifs is 2. The van der Waals surface area contributed by atoms with Gasteiger partial charge in [0.2, 0.25) is 5.13 Å². The van der Waals surface area contributed by atoms with E-state index in [2.05, 4.69) is 20.5 Å². The molecular weight excluding hydrogens is 390 g/mol. The zero-order valence-corrected chi connectivity index (χ0v) is 16.9. The van der Waals surface area contributed by atoms with E-state index in [1.165, 1.54) is 21.8 Å². The summed E-state index contributed by atoms with van der Waals surface area (Å²) in [6, 6.07) is 6.72.